The quantitative estimate of drug-likeness (QED) is 0.409. The zero-order valence-electron chi connectivity index (χ0n) is 7.42. The summed E-state index contributed by atoms with van der Waals surface area (Å²) in [5.41, 5.74) is 5.34. The van der Waals surface area contributed by atoms with Crippen LogP contribution in [0.5, 0.6) is 0 Å². The van der Waals surface area contributed by atoms with Crippen molar-refractivity contribution in [3.05, 3.63) is 0 Å². The molecule has 0 amide bonds. The molecule has 1 aliphatic rings. The van der Waals surface area contributed by atoms with Gasteiger partial charge in [-0.25, -0.2) is 0 Å². The maximum absolute atomic E-state index is 7.20. The molecule has 0 aliphatic carbocycles. The van der Waals surface area contributed by atoms with Gasteiger partial charge < -0.3 is 15.5 Å². The second-order valence-electron chi connectivity index (χ2n) is 2.81. The highest BCUT2D eigenvalue weighted by atomic mass is 127. The van der Waals surface area contributed by atoms with E-state index in [0.29, 0.717) is 0 Å². The molecule has 1 heterocycles. The van der Waals surface area contributed by atoms with Crippen LogP contribution in [0, 0.1) is 5.41 Å². The molecule has 3 N–H and O–H groups in total. The summed E-state index contributed by atoms with van der Waals surface area (Å²) in [6.07, 6.45) is 0. The van der Waals surface area contributed by atoms with Crippen LogP contribution in [-0.4, -0.2) is 48.5 Å². The van der Waals surface area contributed by atoms with Crippen LogP contribution in [-0.2, 0) is 0 Å². The van der Waals surface area contributed by atoms with Crippen LogP contribution in [0.15, 0.2) is 0 Å². The Morgan fingerprint density at radius 1 is 1.33 bits per heavy atom. The number of nitrogens with zero attached hydrogens (tertiary/aromatic N) is 2. The molecule has 0 spiro atoms. The molecule has 0 saturated carbocycles. The van der Waals surface area contributed by atoms with E-state index in [2.05, 4.69) is 11.8 Å². The van der Waals surface area contributed by atoms with Crippen molar-refractivity contribution in [1.82, 2.24) is 9.80 Å². The van der Waals surface area contributed by atoms with Gasteiger partial charge in [0, 0.05) is 26.2 Å². The summed E-state index contributed by atoms with van der Waals surface area (Å²) >= 11 is 0. The van der Waals surface area contributed by atoms with E-state index in [4.69, 9.17) is 11.1 Å². The van der Waals surface area contributed by atoms with Crippen molar-refractivity contribution < 1.29 is 0 Å². The number of hydrogen-bond acceptors (Lipinski definition) is 2. The van der Waals surface area contributed by atoms with E-state index in [0.717, 1.165) is 32.7 Å². The molecule has 12 heavy (non-hydrogen) atoms. The Hall–Kier alpha value is -0.0400. The molecule has 0 aromatic carbocycles. The predicted octanol–water partition coefficient (Wildman–Crippen LogP) is 0.135. The van der Waals surface area contributed by atoms with Crippen LogP contribution in [0.1, 0.15) is 6.92 Å². The molecule has 4 nitrogen and oxygen atoms in total. The molecule has 0 aromatic heterocycles. The fourth-order valence-corrected chi connectivity index (χ4v) is 1.31. The van der Waals surface area contributed by atoms with Gasteiger partial charge in [-0.2, -0.15) is 0 Å². The van der Waals surface area contributed by atoms with Crippen molar-refractivity contribution in [3.63, 3.8) is 0 Å². The van der Waals surface area contributed by atoms with E-state index in [-0.39, 0.29) is 29.9 Å². The van der Waals surface area contributed by atoms with Gasteiger partial charge in [0.1, 0.15) is 0 Å². The number of nitrogens with one attached hydrogen (secondary N) is 1. The van der Waals surface area contributed by atoms with Crippen LogP contribution in [0.3, 0.4) is 0 Å². The lowest BCUT2D eigenvalue weighted by Gasteiger charge is -2.34. The van der Waals surface area contributed by atoms with E-state index in [1.807, 2.05) is 4.90 Å². The molecule has 1 saturated heterocycles. The number of guanidine groups is 1. The summed E-state index contributed by atoms with van der Waals surface area (Å²) in [5, 5.41) is 7.20. The van der Waals surface area contributed by atoms with Gasteiger partial charge in [-0.05, 0) is 6.54 Å². The lowest BCUT2D eigenvalue weighted by Crippen LogP contribution is -2.50. The van der Waals surface area contributed by atoms with Gasteiger partial charge >= 0.3 is 0 Å². The van der Waals surface area contributed by atoms with Crippen LogP contribution < -0.4 is 5.73 Å². The van der Waals surface area contributed by atoms with E-state index in [1.165, 1.54) is 0 Å². The van der Waals surface area contributed by atoms with Gasteiger partial charge in [0.05, 0.1) is 0 Å². The van der Waals surface area contributed by atoms with Gasteiger partial charge in [0.25, 0.3) is 0 Å². The first kappa shape index (κ1) is 12.0. The minimum absolute atomic E-state index is 0. The summed E-state index contributed by atoms with van der Waals surface area (Å²) < 4.78 is 0. The highest BCUT2D eigenvalue weighted by Gasteiger charge is 2.15. The molecule has 0 bridgehead atoms. The monoisotopic (exact) mass is 284 g/mol. The average molecular weight is 284 g/mol. The highest BCUT2D eigenvalue weighted by molar-refractivity contribution is 14.0. The number of piperazine rings is 1. The number of likely N-dealkylation sites (N-methyl/N-ethyl adjacent to an activating group) is 1. The minimum Gasteiger partial charge on any atom is -0.370 e. The Labute approximate surface area is 90.6 Å². The predicted molar refractivity (Wildman–Crippen MR) is 61.0 cm³/mol. The van der Waals surface area contributed by atoms with Crippen molar-refractivity contribution in [3.8, 4) is 0 Å². The Balaban J connectivity index is 0.00000121. The fraction of sp³-hybridized carbons (Fsp3) is 0.857. The van der Waals surface area contributed by atoms with E-state index in [1.54, 1.807) is 0 Å². The lowest BCUT2D eigenvalue weighted by molar-refractivity contribution is 0.188. The molecule has 72 valence electrons. The van der Waals surface area contributed by atoms with E-state index >= 15 is 0 Å². The zero-order valence-corrected chi connectivity index (χ0v) is 9.75. The maximum atomic E-state index is 7.20. The SMILES string of the molecule is CCN1CCN(C(=N)N)CC1.I. The van der Waals surface area contributed by atoms with Crippen molar-refractivity contribution in [2.75, 3.05) is 32.7 Å². The smallest absolute Gasteiger partial charge is 0.188 e. The largest absolute Gasteiger partial charge is 0.370 e. The molecular formula is C7H17IN4. The average Bonchev–Trinajstić information content (AvgIpc) is 2.05. The van der Waals surface area contributed by atoms with Crippen molar-refractivity contribution in [1.29, 1.82) is 5.41 Å². The Kier molecular flexibility index (Phi) is 5.56. The van der Waals surface area contributed by atoms with Gasteiger partial charge in [-0.3, -0.25) is 5.41 Å². The summed E-state index contributed by atoms with van der Waals surface area (Å²) in [7, 11) is 0. The van der Waals surface area contributed by atoms with Crippen LogP contribution >= 0.6 is 24.0 Å². The van der Waals surface area contributed by atoms with Crippen molar-refractivity contribution >= 4 is 29.9 Å². The van der Waals surface area contributed by atoms with Crippen molar-refractivity contribution in [2.45, 2.75) is 6.92 Å². The standard InChI is InChI=1S/C7H16N4.HI/c1-2-10-3-5-11(6-4-10)7(8)9;/h2-6H2,1H3,(H3,8,9);1H. The first-order valence-corrected chi connectivity index (χ1v) is 4.05. The zero-order chi connectivity index (χ0) is 8.27. The van der Waals surface area contributed by atoms with Gasteiger partial charge in [-0.1, -0.05) is 6.92 Å². The Morgan fingerprint density at radius 3 is 2.17 bits per heavy atom. The van der Waals surface area contributed by atoms with Gasteiger partial charge in [0.2, 0.25) is 0 Å². The second-order valence-corrected chi connectivity index (χ2v) is 2.81. The highest BCUT2D eigenvalue weighted by Crippen LogP contribution is 1.99. The summed E-state index contributed by atoms with van der Waals surface area (Å²) in [6, 6.07) is 0. The molecule has 0 radical (unpaired) electrons. The third-order valence-corrected chi connectivity index (χ3v) is 2.16. The number of hydrogen-bond donors (Lipinski definition) is 2. The fourth-order valence-electron chi connectivity index (χ4n) is 1.31. The first-order valence-electron chi connectivity index (χ1n) is 4.05. The van der Waals surface area contributed by atoms with Crippen molar-refractivity contribution in [2.24, 2.45) is 5.73 Å². The lowest BCUT2D eigenvalue weighted by atomic mass is 10.3. The number of rotatable bonds is 1. The van der Waals surface area contributed by atoms with Gasteiger partial charge in [-0.15, -0.1) is 24.0 Å². The molecule has 0 atom stereocenters. The second kappa shape index (κ2) is 5.58. The van der Waals surface area contributed by atoms with Gasteiger partial charge in [0.15, 0.2) is 5.96 Å². The first-order chi connectivity index (χ1) is 5.24. The molecule has 1 fully saturated rings. The third kappa shape index (κ3) is 3.14. The normalized spacial score (nSPS) is 18.6. The van der Waals surface area contributed by atoms with Crippen LogP contribution in [0.25, 0.3) is 0 Å². The molecule has 0 aromatic rings. The third-order valence-electron chi connectivity index (χ3n) is 2.16. The maximum Gasteiger partial charge on any atom is 0.188 e. The summed E-state index contributed by atoms with van der Waals surface area (Å²) in [5.74, 6) is 0.209. The minimum atomic E-state index is 0. The topological polar surface area (TPSA) is 56.4 Å². The summed E-state index contributed by atoms with van der Waals surface area (Å²) in [6.45, 7) is 7.15. The molecule has 5 heteroatoms. The molecule has 0 unspecified atom stereocenters. The molecular weight excluding hydrogens is 267 g/mol. The molecule has 1 aliphatic heterocycles. The Bertz CT molecular complexity index is 142. The van der Waals surface area contributed by atoms with E-state index in [9.17, 15) is 0 Å². The van der Waals surface area contributed by atoms with Crippen LogP contribution in [0.4, 0.5) is 0 Å². The van der Waals surface area contributed by atoms with E-state index < -0.39 is 0 Å². The Morgan fingerprint density at radius 2 is 1.83 bits per heavy atom. The summed E-state index contributed by atoms with van der Waals surface area (Å²) in [4.78, 5) is 4.27. The van der Waals surface area contributed by atoms with Crippen LogP contribution in [0.2, 0.25) is 0 Å². The number of nitrogens with two attached hydrogens (primary N) is 1. The number of halogens is 1. The molecule has 1 rings (SSSR count).